The molecule has 4 rings (SSSR count). The van der Waals surface area contributed by atoms with E-state index in [0.717, 1.165) is 56.4 Å². The molecule has 0 radical (unpaired) electrons. The fourth-order valence-corrected chi connectivity index (χ4v) is 3.53. The van der Waals surface area contributed by atoms with Gasteiger partial charge >= 0.3 is 0 Å². The summed E-state index contributed by atoms with van der Waals surface area (Å²) in [5, 5.41) is 4.11. The summed E-state index contributed by atoms with van der Waals surface area (Å²) in [6.07, 6.45) is 6.22. The van der Waals surface area contributed by atoms with Gasteiger partial charge in [0.2, 0.25) is 5.89 Å². The second-order valence-corrected chi connectivity index (χ2v) is 8.00. The Balaban J connectivity index is 1.28. The lowest BCUT2D eigenvalue weighted by molar-refractivity contribution is 0.161. The highest BCUT2D eigenvalue weighted by atomic mass is 16.5. The van der Waals surface area contributed by atoms with E-state index >= 15 is 0 Å². The zero-order chi connectivity index (χ0) is 18.1. The number of aromatic nitrogens is 4. The van der Waals surface area contributed by atoms with E-state index < -0.39 is 0 Å². The molecule has 0 spiro atoms. The van der Waals surface area contributed by atoms with Crippen LogP contribution in [-0.4, -0.2) is 37.7 Å². The Hall–Kier alpha value is -2.02. The van der Waals surface area contributed by atoms with Crippen molar-refractivity contribution in [2.45, 2.75) is 64.5 Å². The van der Waals surface area contributed by atoms with E-state index in [1.54, 1.807) is 17.0 Å². The second-order valence-electron chi connectivity index (χ2n) is 8.00. The Morgan fingerprint density at radius 3 is 2.65 bits per heavy atom. The zero-order valence-corrected chi connectivity index (χ0v) is 15.6. The van der Waals surface area contributed by atoms with Gasteiger partial charge in [-0.1, -0.05) is 19.0 Å². The molecule has 0 amide bonds. The van der Waals surface area contributed by atoms with Crippen LogP contribution < -0.4 is 5.56 Å². The number of rotatable bonds is 6. The molecule has 1 saturated carbocycles. The molecule has 7 nitrogen and oxygen atoms in total. The maximum absolute atomic E-state index is 12.3. The minimum absolute atomic E-state index is 0.0607. The van der Waals surface area contributed by atoms with Crippen molar-refractivity contribution in [3.8, 4) is 0 Å². The molecule has 1 aliphatic heterocycles. The average Bonchev–Trinajstić information content (AvgIpc) is 3.38. The molecular formula is C19H27N5O2. The van der Waals surface area contributed by atoms with Crippen molar-refractivity contribution < 1.29 is 4.52 Å². The summed E-state index contributed by atoms with van der Waals surface area (Å²) in [6.45, 7) is 7.63. The van der Waals surface area contributed by atoms with Crippen molar-refractivity contribution in [3.05, 3.63) is 40.2 Å². The first-order valence-corrected chi connectivity index (χ1v) is 9.69. The first-order valence-electron chi connectivity index (χ1n) is 9.69. The fraction of sp³-hybridized carbons (Fsp3) is 0.684. The first-order chi connectivity index (χ1) is 12.6. The zero-order valence-electron chi connectivity index (χ0n) is 15.6. The molecule has 1 aliphatic carbocycles. The minimum atomic E-state index is 0.0607. The molecular weight excluding hydrogens is 330 g/mol. The van der Waals surface area contributed by atoms with Gasteiger partial charge in [0.15, 0.2) is 5.82 Å². The summed E-state index contributed by atoms with van der Waals surface area (Å²) >= 11 is 0. The molecule has 2 aliphatic rings. The molecule has 2 aromatic rings. The van der Waals surface area contributed by atoms with Crippen molar-refractivity contribution in [1.82, 2.24) is 24.6 Å². The predicted molar refractivity (Wildman–Crippen MR) is 96.9 cm³/mol. The number of likely N-dealkylation sites (tertiary alicyclic amines) is 1. The molecule has 0 unspecified atom stereocenters. The third-order valence-corrected chi connectivity index (χ3v) is 5.43. The lowest BCUT2D eigenvalue weighted by Crippen LogP contribution is -2.36. The molecule has 2 fully saturated rings. The lowest BCUT2D eigenvalue weighted by atomic mass is 9.96. The van der Waals surface area contributed by atoms with Gasteiger partial charge in [-0.2, -0.15) is 4.98 Å². The lowest BCUT2D eigenvalue weighted by Gasteiger charge is -2.31. The van der Waals surface area contributed by atoms with Gasteiger partial charge < -0.3 is 4.52 Å². The average molecular weight is 357 g/mol. The minimum Gasteiger partial charge on any atom is -0.339 e. The van der Waals surface area contributed by atoms with Crippen LogP contribution in [-0.2, 0) is 13.1 Å². The third kappa shape index (κ3) is 4.03. The Morgan fingerprint density at radius 2 is 2.00 bits per heavy atom. The molecule has 2 aromatic heterocycles. The first kappa shape index (κ1) is 17.4. The topological polar surface area (TPSA) is 77.0 Å². The van der Waals surface area contributed by atoms with Gasteiger partial charge in [0, 0.05) is 18.5 Å². The van der Waals surface area contributed by atoms with Crippen molar-refractivity contribution in [3.63, 3.8) is 0 Å². The summed E-state index contributed by atoms with van der Waals surface area (Å²) < 4.78 is 7.09. The van der Waals surface area contributed by atoms with E-state index in [1.807, 2.05) is 0 Å². The van der Waals surface area contributed by atoms with E-state index in [0.29, 0.717) is 11.8 Å². The van der Waals surface area contributed by atoms with Gasteiger partial charge in [-0.15, -0.1) is 0 Å². The van der Waals surface area contributed by atoms with Crippen LogP contribution in [0.4, 0.5) is 0 Å². The van der Waals surface area contributed by atoms with E-state index in [-0.39, 0.29) is 11.5 Å². The smallest absolute Gasteiger partial charge is 0.253 e. The molecule has 140 valence electrons. The van der Waals surface area contributed by atoms with Crippen molar-refractivity contribution >= 4 is 0 Å². The number of piperidine rings is 1. The molecule has 7 heteroatoms. The molecule has 26 heavy (non-hydrogen) atoms. The highest BCUT2D eigenvalue weighted by Crippen LogP contribution is 2.38. The van der Waals surface area contributed by atoms with E-state index in [2.05, 4.69) is 33.9 Å². The maximum Gasteiger partial charge on any atom is 0.253 e. The van der Waals surface area contributed by atoms with Gasteiger partial charge in [0.25, 0.3) is 5.56 Å². The van der Waals surface area contributed by atoms with Crippen LogP contribution in [0.3, 0.4) is 0 Å². The second kappa shape index (κ2) is 7.31. The Bertz CT molecular complexity index is 800. The van der Waals surface area contributed by atoms with Crippen LogP contribution >= 0.6 is 0 Å². The van der Waals surface area contributed by atoms with E-state index in [9.17, 15) is 4.79 Å². The molecule has 0 atom stereocenters. The monoisotopic (exact) mass is 357 g/mol. The Labute approximate surface area is 153 Å². The van der Waals surface area contributed by atoms with E-state index in [4.69, 9.17) is 4.52 Å². The van der Waals surface area contributed by atoms with Gasteiger partial charge in [0.1, 0.15) is 0 Å². The van der Waals surface area contributed by atoms with Gasteiger partial charge in [-0.3, -0.25) is 14.3 Å². The van der Waals surface area contributed by atoms with Crippen molar-refractivity contribution in [2.24, 2.45) is 5.92 Å². The number of hydrogen-bond donors (Lipinski definition) is 0. The summed E-state index contributed by atoms with van der Waals surface area (Å²) in [5.41, 5.74) is 0.928. The normalized spacial score (nSPS) is 19.3. The van der Waals surface area contributed by atoms with Crippen molar-refractivity contribution in [2.75, 3.05) is 13.1 Å². The standard InChI is InChI=1S/C19H27N5O2/c1-13(2)16-9-18(25)24(12-20-16)10-14-5-7-23(8-6-14)11-17-21-19(26-22-17)15-3-4-15/h9,12-15H,3-8,10-11H2,1-2H3. The van der Waals surface area contributed by atoms with Crippen molar-refractivity contribution in [1.29, 1.82) is 0 Å². The van der Waals surface area contributed by atoms with Crippen LogP contribution in [0.2, 0.25) is 0 Å². The van der Waals surface area contributed by atoms with Gasteiger partial charge in [-0.05, 0) is 50.6 Å². The SMILES string of the molecule is CC(C)c1cc(=O)n(CC2CCN(Cc3noc(C4CC4)n3)CC2)cn1. The molecule has 0 bridgehead atoms. The quantitative estimate of drug-likeness (QED) is 0.791. The van der Waals surface area contributed by atoms with Crippen LogP contribution in [0.1, 0.15) is 68.8 Å². The Morgan fingerprint density at radius 1 is 1.23 bits per heavy atom. The van der Waals surface area contributed by atoms with Gasteiger partial charge in [0.05, 0.1) is 18.6 Å². The predicted octanol–water partition coefficient (Wildman–Crippen LogP) is 2.54. The molecule has 1 saturated heterocycles. The van der Waals surface area contributed by atoms with Crippen LogP contribution in [0, 0.1) is 5.92 Å². The highest BCUT2D eigenvalue weighted by molar-refractivity contribution is 5.04. The maximum atomic E-state index is 12.3. The largest absolute Gasteiger partial charge is 0.339 e. The third-order valence-electron chi connectivity index (χ3n) is 5.43. The van der Waals surface area contributed by atoms with E-state index in [1.165, 1.54) is 12.8 Å². The highest BCUT2D eigenvalue weighted by Gasteiger charge is 2.30. The molecule has 0 N–H and O–H groups in total. The Kier molecular flexibility index (Phi) is 4.89. The van der Waals surface area contributed by atoms with Gasteiger partial charge in [-0.25, -0.2) is 4.98 Å². The summed E-state index contributed by atoms with van der Waals surface area (Å²) in [6, 6.07) is 1.67. The van der Waals surface area contributed by atoms with Crippen LogP contribution in [0.25, 0.3) is 0 Å². The number of hydrogen-bond acceptors (Lipinski definition) is 6. The molecule has 0 aromatic carbocycles. The van der Waals surface area contributed by atoms with Crippen LogP contribution in [0.5, 0.6) is 0 Å². The summed E-state index contributed by atoms with van der Waals surface area (Å²) in [5.74, 6) is 2.92. The fourth-order valence-electron chi connectivity index (χ4n) is 3.53. The summed E-state index contributed by atoms with van der Waals surface area (Å²) in [7, 11) is 0. The molecule has 3 heterocycles. The summed E-state index contributed by atoms with van der Waals surface area (Å²) in [4.78, 5) is 23.6. The number of nitrogens with zero attached hydrogens (tertiary/aromatic N) is 5. The van der Waals surface area contributed by atoms with Crippen LogP contribution in [0.15, 0.2) is 21.7 Å².